The topological polar surface area (TPSA) is 66.9 Å². The normalized spacial score (nSPS) is 10.2. The molecule has 3 rings (SSSR count). The van der Waals surface area contributed by atoms with Gasteiger partial charge in [0.1, 0.15) is 5.82 Å². The zero-order chi connectivity index (χ0) is 13.8. The number of benzene rings is 1. The molecule has 5 heteroatoms. The number of hydrogen-bond acceptors (Lipinski definition) is 3. The Hall–Kier alpha value is -2.95. The maximum Gasteiger partial charge on any atom is 0.324 e. The number of nitrogens with zero attached hydrogens (tertiary/aromatic N) is 2. The summed E-state index contributed by atoms with van der Waals surface area (Å²) in [5.41, 5.74) is 2.26. The lowest BCUT2D eigenvalue weighted by Crippen LogP contribution is -2.19. The summed E-state index contributed by atoms with van der Waals surface area (Å²) in [7, 11) is 0. The fourth-order valence-electron chi connectivity index (χ4n) is 1.83. The number of anilines is 2. The van der Waals surface area contributed by atoms with Crippen LogP contribution in [0.25, 0.3) is 11.0 Å². The minimum atomic E-state index is -0.327. The number of amides is 2. The third kappa shape index (κ3) is 2.72. The Morgan fingerprint density at radius 1 is 0.850 bits per heavy atom. The smallest absolute Gasteiger partial charge is 0.308 e. The molecule has 20 heavy (non-hydrogen) atoms. The van der Waals surface area contributed by atoms with Crippen molar-refractivity contribution in [2.45, 2.75) is 0 Å². The van der Waals surface area contributed by atoms with Gasteiger partial charge in [0.15, 0.2) is 0 Å². The van der Waals surface area contributed by atoms with Crippen molar-refractivity contribution in [2.24, 2.45) is 0 Å². The van der Waals surface area contributed by atoms with Crippen LogP contribution >= 0.6 is 0 Å². The Kier molecular flexibility index (Phi) is 3.24. The molecule has 0 radical (unpaired) electrons. The van der Waals surface area contributed by atoms with Gasteiger partial charge >= 0.3 is 6.03 Å². The minimum absolute atomic E-state index is 0.327. The number of hydrogen-bond donors (Lipinski definition) is 2. The third-order valence-corrected chi connectivity index (χ3v) is 2.73. The van der Waals surface area contributed by atoms with Gasteiger partial charge in [-0.2, -0.15) is 0 Å². The highest BCUT2D eigenvalue weighted by Crippen LogP contribution is 2.13. The molecule has 0 saturated heterocycles. The highest BCUT2D eigenvalue weighted by molar-refractivity contribution is 5.99. The van der Waals surface area contributed by atoms with Crippen LogP contribution < -0.4 is 10.6 Å². The van der Waals surface area contributed by atoms with Gasteiger partial charge in [0, 0.05) is 11.9 Å². The van der Waals surface area contributed by atoms with Crippen molar-refractivity contribution in [3.8, 4) is 0 Å². The predicted octanol–water partition coefficient (Wildman–Crippen LogP) is 3.27. The summed E-state index contributed by atoms with van der Waals surface area (Å²) >= 11 is 0. The number of carbonyl (C=O) groups is 1. The average molecular weight is 264 g/mol. The van der Waals surface area contributed by atoms with Crippen LogP contribution in [0.3, 0.4) is 0 Å². The number of rotatable bonds is 2. The molecule has 0 fully saturated rings. The van der Waals surface area contributed by atoms with Crippen LogP contribution in [0.2, 0.25) is 0 Å². The van der Waals surface area contributed by atoms with Crippen LogP contribution in [0.4, 0.5) is 16.3 Å². The second-order valence-electron chi connectivity index (χ2n) is 4.18. The Labute approximate surface area is 115 Å². The van der Waals surface area contributed by atoms with E-state index in [-0.39, 0.29) is 6.03 Å². The fourth-order valence-corrected chi connectivity index (χ4v) is 1.83. The zero-order valence-electron chi connectivity index (χ0n) is 10.6. The average Bonchev–Trinajstić information content (AvgIpc) is 2.48. The maximum absolute atomic E-state index is 11.8. The molecule has 2 aromatic heterocycles. The molecule has 0 unspecified atom stereocenters. The van der Waals surface area contributed by atoms with Crippen molar-refractivity contribution in [3.05, 3.63) is 60.8 Å². The Balaban J connectivity index is 1.74. The van der Waals surface area contributed by atoms with Crippen molar-refractivity contribution in [2.75, 3.05) is 10.6 Å². The molecular weight excluding hydrogens is 252 g/mol. The summed E-state index contributed by atoms with van der Waals surface area (Å²) in [5.74, 6) is 0.485. The van der Waals surface area contributed by atoms with E-state index in [0.29, 0.717) is 5.82 Å². The van der Waals surface area contributed by atoms with E-state index >= 15 is 0 Å². The molecule has 2 heterocycles. The molecule has 0 aliphatic rings. The van der Waals surface area contributed by atoms with Crippen LogP contribution in [0.15, 0.2) is 60.8 Å². The molecular formula is C15H12N4O. The zero-order valence-corrected chi connectivity index (χ0v) is 10.6. The lowest BCUT2D eigenvalue weighted by atomic mass is 10.3. The van der Waals surface area contributed by atoms with Crippen LogP contribution in [-0.2, 0) is 0 Å². The molecule has 0 atom stereocenters. The number of nitrogens with one attached hydrogen (secondary N) is 2. The fraction of sp³-hybridized carbons (Fsp3) is 0. The lowest BCUT2D eigenvalue weighted by Gasteiger charge is -2.07. The Morgan fingerprint density at radius 2 is 1.70 bits per heavy atom. The highest BCUT2D eigenvalue weighted by atomic mass is 16.2. The standard InChI is InChI=1S/C15H12N4O/c20-15(17-11-5-2-1-3-6-11)19-14-9-8-12-13(18-14)7-4-10-16-12/h1-10H,(H2,17,18,19,20). The van der Waals surface area contributed by atoms with Crippen molar-refractivity contribution in [1.82, 2.24) is 9.97 Å². The van der Waals surface area contributed by atoms with E-state index in [1.165, 1.54) is 0 Å². The molecule has 0 saturated carbocycles. The van der Waals surface area contributed by atoms with Crippen molar-refractivity contribution < 1.29 is 4.79 Å². The largest absolute Gasteiger partial charge is 0.324 e. The summed E-state index contributed by atoms with van der Waals surface area (Å²) in [6, 6.07) is 16.1. The SMILES string of the molecule is O=C(Nc1ccccc1)Nc1ccc2ncccc2n1. The second kappa shape index (κ2) is 5.36. The van der Waals surface area contributed by atoms with Gasteiger partial charge in [-0.05, 0) is 36.4 Å². The van der Waals surface area contributed by atoms with Gasteiger partial charge < -0.3 is 5.32 Å². The number of para-hydroxylation sites is 1. The molecule has 5 nitrogen and oxygen atoms in total. The predicted molar refractivity (Wildman–Crippen MR) is 78.6 cm³/mol. The summed E-state index contributed by atoms with van der Waals surface area (Å²) < 4.78 is 0. The Bertz CT molecular complexity index is 743. The summed E-state index contributed by atoms with van der Waals surface area (Å²) in [4.78, 5) is 20.3. The molecule has 0 bridgehead atoms. The van der Waals surface area contributed by atoms with E-state index in [0.717, 1.165) is 16.7 Å². The number of aromatic nitrogens is 2. The second-order valence-corrected chi connectivity index (χ2v) is 4.18. The number of carbonyl (C=O) groups excluding carboxylic acids is 1. The van der Waals surface area contributed by atoms with E-state index in [2.05, 4.69) is 20.6 Å². The van der Waals surface area contributed by atoms with Crippen LogP contribution in [-0.4, -0.2) is 16.0 Å². The maximum atomic E-state index is 11.8. The molecule has 98 valence electrons. The van der Waals surface area contributed by atoms with Crippen LogP contribution in [0.5, 0.6) is 0 Å². The van der Waals surface area contributed by atoms with Crippen LogP contribution in [0, 0.1) is 0 Å². The lowest BCUT2D eigenvalue weighted by molar-refractivity contribution is 0.262. The van der Waals surface area contributed by atoms with E-state index in [1.54, 1.807) is 12.3 Å². The first kappa shape index (κ1) is 12.1. The van der Waals surface area contributed by atoms with E-state index < -0.39 is 0 Å². The molecule has 0 aliphatic heterocycles. The van der Waals surface area contributed by atoms with E-state index in [1.807, 2.05) is 48.5 Å². The number of pyridine rings is 2. The van der Waals surface area contributed by atoms with Gasteiger partial charge in [-0.25, -0.2) is 9.78 Å². The first-order chi connectivity index (χ1) is 9.81. The first-order valence-electron chi connectivity index (χ1n) is 6.16. The monoisotopic (exact) mass is 264 g/mol. The summed E-state index contributed by atoms with van der Waals surface area (Å²) in [6.07, 6.45) is 1.71. The van der Waals surface area contributed by atoms with Gasteiger partial charge in [-0.1, -0.05) is 18.2 Å². The minimum Gasteiger partial charge on any atom is -0.308 e. The molecule has 2 amide bonds. The molecule has 2 N–H and O–H groups in total. The molecule has 0 aliphatic carbocycles. The highest BCUT2D eigenvalue weighted by Gasteiger charge is 2.04. The van der Waals surface area contributed by atoms with Gasteiger partial charge in [-0.15, -0.1) is 0 Å². The quantitative estimate of drug-likeness (QED) is 0.746. The van der Waals surface area contributed by atoms with Crippen LogP contribution in [0.1, 0.15) is 0 Å². The summed E-state index contributed by atoms with van der Waals surface area (Å²) in [5, 5.41) is 5.43. The van der Waals surface area contributed by atoms with Crippen molar-refractivity contribution >= 4 is 28.6 Å². The van der Waals surface area contributed by atoms with E-state index in [9.17, 15) is 4.79 Å². The van der Waals surface area contributed by atoms with E-state index in [4.69, 9.17) is 0 Å². The molecule has 0 spiro atoms. The molecule has 3 aromatic rings. The molecule has 1 aromatic carbocycles. The van der Waals surface area contributed by atoms with Gasteiger partial charge in [-0.3, -0.25) is 10.3 Å². The first-order valence-corrected chi connectivity index (χ1v) is 6.16. The van der Waals surface area contributed by atoms with Crippen molar-refractivity contribution in [3.63, 3.8) is 0 Å². The Morgan fingerprint density at radius 3 is 2.55 bits per heavy atom. The van der Waals surface area contributed by atoms with Gasteiger partial charge in [0.25, 0.3) is 0 Å². The van der Waals surface area contributed by atoms with Crippen molar-refractivity contribution in [1.29, 1.82) is 0 Å². The van der Waals surface area contributed by atoms with Gasteiger partial charge in [0.05, 0.1) is 11.0 Å². The summed E-state index contributed by atoms with van der Waals surface area (Å²) in [6.45, 7) is 0. The van der Waals surface area contributed by atoms with Gasteiger partial charge in [0.2, 0.25) is 0 Å². The number of fused-ring (bicyclic) bond motifs is 1. The third-order valence-electron chi connectivity index (χ3n) is 2.73. The number of urea groups is 1.